The van der Waals surface area contributed by atoms with E-state index in [0.29, 0.717) is 5.75 Å². The van der Waals surface area contributed by atoms with Crippen LogP contribution in [0, 0.1) is 6.92 Å². The summed E-state index contributed by atoms with van der Waals surface area (Å²) in [5, 5.41) is 0.737. The summed E-state index contributed by atoms with van der Waals surface area (Å²) in [4.78, 5) is 2.62. The van der Waals surface area contributed by atoms with Crippen LogP contribution in [-0.2, 0) is 16.6 Å². The Kier molecular flexibility index (Phi) is 6.42. The Labute approximate surface area is 166 Å². The van der Waals surface area contributed by atoms with Gasteiger partial charge in [0.2, 0.25) is 10.0 Å². The van der Waals surface area contributed by atoms with Gasteiger partial charge in [-0.3, -0.25) is 4.90 Å². The van der Waals surface area contributed by atoms with Gasteiger partial charge in [0.05, 0.1) is 12.0 Å². The van der Waals surface area contributed by atoms with Gasteiger partial charge in [-0.1, -0.05) is 23.7 Å². The minimum absolute atomic E-state index is 0.0427. The standard InChI is InChI=1S/C20H25ClN2O3S/c1-15-13-19(7-8-20(15)26-2)27(24,25)22-18-9-11-23(12-10-18)14-16-3-5-17(21)6-4-16/h3-8,13,18,22H,9-12,14H2,1-2H3. The van der Waals surface area contributed by atoms with E-state index >= 15 is 0 Å². The molecule has 2 aromatic rings. The molecule has 0 amide bonds. The number of hydrogen-bond acceptors (Lipinski definition) is 4. The molecule has 0 unspecified atom stereocenters. The number of aryl methyl sites for hydroxylation is 1. The number of nitrogens with zero attached hydrogens (tertiary/aromatic N) is 1. The molecule has 146 valence electrons. The Bertz CT molecular complexity index is 877. The van der Waals surface area contributed by atoms with Crippen LogP contribution < -0.4 is 9.46 Å². The van der Waals surface area contributed by atoms with Gasteiger partial charge in [-0.25, -0.2) is 13.1 Å². The molecule has 1 heterocycles. The van der Waals surface area contributed by atoms with E-state index in [2.05, 4.69) is 9.62 Å². The highest BCUT2D eigenvalue weighted by atomic mass is 35.5. The molecule has 7 heteroatoms. The monoisotopic (exact) mass is 408 g/mol. The Hall–Kier alpha value is -1.60. The first kappa shape index (κ1) is 20.1. The summed E-state index contributed by atoms with van der Waals surface area (Å²) in [6.07, 6.45) is 1.59. The van der Waals surface area contributed by atoms with Crippen LogP contribution in [0.2, 0.25) is 5.02 Å². The van der Waals surface area contributed by atoms with Crippen molar-refractivity contribution >= 4 is 21.6 Å². The Morgan fingerprint density at radius 3 is 2.41 bits per heavy atom. The first-order valence-electron chi connectivity index (χ1n) is 9.01. The van der Waals surface area contributed by atoms with Crippen LogP contribution in [0.25, 0.3) is 0 Å². The zero-order chi connectivity index (χ0) is 19.4. The molecule has 0 saturated carbocycles. The van der Waals surface area contributed by atoms with Crippen molar-refractivity contribution in [3.05, 3.63) is 58.6 Å². The van der Waals surface area contributed by atoms with E-state index in [-0.39, 0.29) is 10.9 Å². The minimum atomic E-state index is -3.53. The number of sulfonamides is 1. The molecule has 1 aliphatic heterocycles. The highest BCUT2D eigenvalue weighted by Crippen LogP contribution is 2.23. The summed E-state index contributed by atoms with van der Waals surface area (Å²) in [7, 11) is -1.95. The van der Waals surface area contributed by atoms with Gasteiger partial charge in [0.1, 0.15) is 5.75 Å². The number of rotatable bonds is 6. The fourth-order valence-corrected chi connectivity index (χ4v) is 4.88. The van der Waals surface area contributed by atoms with Crippen molar-refractivity contribution in [2.75, 3.05) is 20.2 Å². The summed E-state index contributed by atoms with van der Waals surface area (Å²) >= 11 is 5.93. The number of hydrogen-bond donors (Lipinski definition) is 1. The summed E-state index contributed by atoms with van der Waals surface area (Å²) in [5.74, 6) is 0.685. The number of piperidine rings is 1. The van der Waals surface area contributed by atoms with Gasteiger partial charge in [-0.15, -0.1) is 0 Å². The van der Waals surface area contributed by atoms with E-state index in [1.165, 1.54) is 5.56 Å². The molecule has 1 saturated heterocycles. The van der Waals surface area contributed by atoms with E-state index < -0.39 is 10.0 Å². The summed E-state index contributed by atoms with van der Waals surface area (Å²) in [6.45, 7) is 4.41. The molecule has 27 heavy (non-hydrogen) atoms. The van der Waals surface area contributed by atoms with Gasteiger partial charge in [0.15, 0.2) is 0 Å². The topological polar surface area (TPSA) is 58.6 Å². The zero-order valence-corrected chi connectivity index (χ0v) is 17.2. The maximum atomic E-state index is 12.7. The molecule has 2 aromatic carbocycles. The van der Waals surface area contributed by atoms with Crippen LogP contribution in [-0.4, -0.2) is 39.6 Å². The number of benzene rings is 2. The molecular weight excluding hydrogens is 384 g/mol. The van der Waals surface area contributed by atoms with Gasteiger partial charge in [0.25, 0.3) is 0 Å². The lowest BCUT2D eigenvalue weighted by Crippen LogP contribution is -2.44. The van der Waals surface area contributed by atoms with Crippen molar-refractivity contribution in [2.24, 2.45) is 0 Å². The number of halogens is 1. The van der Waals surface area contributed by atoms with E-state index in [9.17, 15) is 8.42 Å². The Morgan fingerprint density at radius 2 is 1.81 bits per heavy atom. The van der Waals surface area contributed by atoms with Crippen molar-refractivity contribution in [3.63, 3.8) is 0 Å². The molecule has 1 N–H and O–H groups in total. The minimum Gasteiger partial charge on any atom is -0.496 e. The van der Waals surface area contributed by atoms with E-state index in [0.717, 1.165) is 43.1 Å². The summed E-state index contributed by atoms with van der Waals surface area (Å²) < 4.78 is 33.4. The van der Waals surface area contributed by atoms with Gasteiger partial charge in [-0.2, -0.15) is 0 Å². The first-order chi connectivity index (χ1) is 12.9. The quantitative estimate of drug-likeness (QED) is 0.793. The van der Waals surface area contributed by atoms with Crippen LogP contribution in [0.4, 0.5) is 0 Å². The fourth-order valence-electron chi connectivity index (χ4n) is 3.36. The SMILES string of the molecule is COc1ccc(S(=O)(=O)NC2CCN(Cc3ccc(Cl)cc3)CC2)cc1C. The first-order valence-corrected chi connectivity index (χ1v) is 10.9. The highest BCUT2D eigenvalue weighted by Gasteiger charge is 2.25. The number of ether oxygens (including phenoxy) is 1. The molecule has 0 atom stereocenters. The number of likely N-dealkylation sites (tertiary alicyclic amines) is 1. The maximum absolute atomic E-state index is 12.7. The normalized spacial score (nSPS) is 16.4. The molecule has 0 aliphatic carbocycles. The Balaban J connectivity index is 1.56. The lowest BCUT2D eigenvalue weighted by Gasteiger charge is -2.32. The van der Waals surface area contributed by atoms with Crippen molar-refractivity contribution in [3.8, 4) is 5.75 Å². The van der Waals surface area contributed by atoms with E-state index in [1.807, 2.05) is 31.2 Å². The molecule has 0 aromatic heterocycles. The Morgan fingerprint density at radius 1 is 1.15 bits per heavy atom. The molecule has 1 fully saturated rings. The van der Waals surface area contributed by atoms with Gasteiger partial charge >= 0.3 is 0 Å². The van der Waals surface area contributed by atoms with Crippen LogP contribution in [0.15, 0.2) is 47.4 Å². The maximum Gasteiger partial charge on any atom is 0.240 e. The summed E-state index contributed by atoms with van der Waals surface area (Å²) in [5.41, 5.74) is 2.02. The number of nitrogens with one attached hydrogen (secondary N) is 1. The molecule has 0 spiro atoms. The average molecular weight is 409 g/mol. The second-order valence-corrected chi connectivity index (χ2v) is 9.08. The predicted molar refractivity (Wildman–Crippen MR) is 108 cm³/mol. The highest BCUT2D eigenvalue weighted by molar-refractivity contribution is 7.89. The molecule has 1 aliphatic rings. The van der Waals surface area contributed by atoms with E-state index in [1.54, 1.807) is 25.3 Å². The van der Waals surface area contributed by atoms with Gasteiger partial charge < -0.3 is 4.74 Å². The van der Waals surface area contributed by atoms with Crippen LogP contribution >= 0.6 is 11.6 Å². The second-order valence-electron chi connectivity index (χ2n) is 6.93. The molecular formula is C20H25ClN2O3S. The van der Waals surface area contributed by atoms with Crippen LogP contribution in [0.5, 0.6) is 5.75 Å². The average Bonchev–Trinajstić information content (AvgIpc) is 2.65. The largest absolute Gasteiger partial charge is 0.496 e. The van der Waals surface area contributed by atoms with Crippen LogP contribution in [0.1, 0.15) is 24.0 Å². The molecule has 3 rings (SSSR count). The van der Waals surface area contributed by atoms with Crippen molar-refractivity contribution < 1.29 is 13.2 Å². The third-order valence-electron chi connectivity index (χ3n) is 4.91. The van der Waals surface area contributed by atoms with Gasteiger partial charge in [0, 0.05) is 30.7 Å². The number of methoxy groups -OCH3 is 1. The third kappa shape index (κ3) is 5.23. The molecule has 0 bridgehead atoms. The second kappa shape index (κ2) is 8.61. The van der Waals surface area contributed by atoms with Crippen molar-refractivity contribution in [1.29, 1.82) is 0 Å². The summed E-state index contributed by atoms with van der Waals surface area (Å²) in [6, 6.07) is 12.7. The smallest absolute Gasteiger partial charge is 0.240 e. The van der Waals surface area contributed by atoms with E-state index in [4.69, 9.17) is 16.3 Å². The van der Waals surface area contributed by atoms with Crippen molar-refractivity contribution in [1.82, 2.24) is 9.62 Å². The third-order valence-corrected chi connectivity index (χ3v) is 6.68. The lowest BCUT2D eigenvalue weighted by molar-refractivity contribution is 0.200. The predicted octanol–water partition coefficient (Wildman–Crippen LogP) is 3.60. The van der Waals surface area contributed by atoms with Crippen molar-refractivity contribution in [2.45, 2.75) is 37.2 Å². The zero-order valence-electron chi connectivity index (χ0n) is 15.6. The lowest BCUT2D eigenvalue weighted by atomic mass is 10.1. The van der Waals surface area contributed by atoms with Crippen LogP contribution in [0.3, 0.4) is 0 Å². The molecule has 5 nitrogen and oxygen atoms in total. The molecule has 0 radical (unpaired) electrons. The fraction of sp³-hybridized carbons (Fsp3) is 0.400. The van der Waals surface area contributed by atoms with Gasteiger partial charge in [-0.05, 0) is 61.2 Å².